The summed E-state index contributed by atoms with van der Waals surface area (Å²) in [5.41, 5.74) is 8.48. The van der Waals surface area contributed by atoms with Crippen molar-refractivity contribution in [1.29, 1.82) is 5.26 Å². The molecule has 3 rings (SSSR count). The first-order valence-corrected chi connectivity index (χ1v) is 7.01. The van der Waals surface area contributed by atoms with Crippen molar-refractivity contribution in [1.82, 2.24) is 0 Å². The van der Waals surface area contributed by atoms with Crippen LogP contribution < -0.4 is 11.1 Å². The van der Waals surface area contributed by atoms with Crippen LogP contribution in [0.25, 0.3) is 0 Å². The summed E-state index contributed by atoms with van der Waals surface area (Å²) >= 11 is 1.53. The van der Waals surface area contributed by atoms with Crippen molar-refractivity contribution in [2.45, 2.75) is 38.5 Å². The molecular formula is C13H17N3S. The Bertz CT molecular complexity index is 489. The third-order valence-electron chi connectivity index (χ3n) is 3.85. The molecular weight excluding hydrogens is 230 g/mol. The standard InChI is InChI=1S/C13H17N3S/c1-13(4-5-13)7-16-12-10(8-2-3-8)11(15)9(6-14)17-12/h8,16H,2-5,7,15H2,1H3. The van der Waals surface area contributed by atoms with Crippen molar-refractivity contribution < 1.29 is 0 Å². The number of nitrogens with zero attached hydrogens (tertiary/aromatic N) is 1. The highest BCUT2D eigenvalue weighted by atomic mass is 32.1. The zero-order valence-electron chi connectivity index (χ0n) is 10.0. The van der Waals surface area contributed by atoms with E-state index in [4.69, 9.17) is 11.0 Å². The van der Waals surface area contributed by atoms with Crippen LogP contribution in [0.3, 0.4) is 0 Å². The van der Waals surface area contributed by atoms with E-state index in [2.05, 4.69) is 18.3 Å². The minimum Gasteiger partial charge on any atom is -0.397 e. The lowest BCUT2D eigenvalue weighted by atomic mass is 10.1. The molecule has 0 atom stereocenters. The third kappa shape index (κ3) is 2.00. The van der Waals surface area contributed by atoms with Gasteiger partial charge in [0.25, 0.3) is 0 Å². The molecule has 0 bridgehead atoms. The fraction of sp³-hybridized carbons (Fsp3) is 0.615. The quantitative estimate of drug-likeness (QED) is 0.858. The van der Waals surface area contributed by atoms with Gasteiger partial charge in [0, 0.05) is 12.1 Å². The van der Waals surface area contributed by atoms with Crippen LogP contribution in [0.15, 0.2) is 0 Å². The lowest BCUT2D eigenvalue weighted by Gasteiger charge is -2.11. The molecule has 90 valence electrons. The van der Waals surface area contributed by atoms with Gasteiger partial charge in [0.15, 0.2) is 0 Å². The molecule has 4 heteroatoms. The van der Waals surface area contributed by atoms with E-state index in [1.807, 2.05) is 0 Å². The van der Waals surface area contributed by atoms with Crippen LogP contribution in [0.1, 0.15) is 49.0 Å². The van der Waals surface area contributed by atoms with E-state index in [0.29, 0.717) is 16.2 Å². The summed E-state index contributed by atoms with van der Waals surface area (Å²) in [6.45, 7) is 3.32. The Morgan fingerprint density at radius 1 is 1.53 bits per heavy atom. The van der Waals surface area contributed by atoms with E-state index in [9.17, 15) is 0 Å². The van der Waals surface area contributed by atoms with Crippen molar-refractivity contribution >= 4 is 22.0 Å². The average Bonchev–Trinajstić information content (AvgIpc) is 3.21. The second kappa shape index (κ2) is 3.64. The first-order valence-electron chi connectivity index (χ1n) is 6.19. The Balaban J connectivity index is 1.84. The summed E-state index contributed by atoms with van der Waals surface area (Å²) in [5, 5.41) is 13.7. The van der Waals surface area contributed by atoms with Crippen LogP contribution in [-0.4, -0.2) is 6.54 Å². The highest BCUT2D eigenvalue weighted by Crippen LogP contribution is 2.51. The number of hydrogen-bond donors (Lipinski definition) is 2. The maximum atomic E-state index is 9.05. The number of nitriles is 1. The third-order valence-corrected chi connectivity index (χ3v) is 4.93. The van der Waals surface area contributed by atoms with Gasteiger partial charge in [0.1, 0.15) is 10.9 Å². The molecule has 2 fully saturated rings. The van der Waals surface area contributed by atoms with Crippen molar-refractivity contribution in [3.8, 4) is 6.07 Å². The van der Waals surface area contributed by atoms with Gasteiger partial charge in [-0.25, -0.2) is 0 Å². The van der Waals surface area contributed by atoms with Gasteiger partial charge >= 0.3 is 0 Å². The van der Waals surface area contributed by atoms with Gasteiger partial charge in [-0.05, 0) is 37.0 Å². The normalized spacial score (nSPS) is 20.9. The van der Waals surface area contributed by atoms with E-state index < -0.39 is 0 Å². The highest BCUT2D eigenvalue weighted by Gasteiger charge is 2.38. The zero-order chi connectivity index (χ0) is 12.0. The second-order valence-electron chi connectivity index (χ2n) is 5.64. The number of nitrogen functional groups attached to an aromatic ring is 1. The van der Waals surface area contributed by atoms with Crippen molar-refractivity contribution in [3.63, 3.8) is 0 Å². The van der Waals surface area contributed by atoms with Crippen LogP contribution in [-0.2, 0) is 0 Å². The monoisotopic (exact) mass is 247 g/mol. The summed E-state index contributed by atoms with van der Waals surface area (Å²) in [7, 11) is 0. The molecule has 3 N–H and O–H groups in total. The van der Waals surface area contributed by atoms with Gasteiger partial charge in [-0.15, -0.1) is 11.3 Å². The molecule has 0 saturated heterocycles. The molecule has 0 amide bonds. The molecule has 0 unspecified atom stereocenters. The first kappa shape index (κ1) is 10.9. The number of anilines is 2. The summed E-state index contributed by atoms with van der Waals surface area (Å²) in [6.07, 6.45) is 5.06. The number of nitrogens with two attached hydrogens (primary N) is 1. The maximum Gasteiger partial charge on any atom is 0.130 e. The van der Waals surface area contributed by atoms with Crippen molar-refractivity contribution in [2.24, 2.45) is 5.41 Å². The lowest BCUT2D eigenvalue weighted by molar-refractivity contribution is 0.611. The van der Waals surface area contributed by atoms with Crippen LogP contribution in [0.4, 0.5) is 10.7 Å². The van der Waals surface area contributed by atoms with Crippen LogP contribution in [0, 0.1) is 16.7 Å². The Labute approximate surface area is 106 Å². The molecule has 17 heavy (non-hydrogen) atoms. The van der Waals surface area contributed by atoms with E-state index in [1.54, 1.807) is 0 Å². The van der Waals surface area contributed by atoms with Crippen LogP contribution >= 0.6 is 11.3 Å². The van der Waals surface area contributed by atoms with Gasteiger partial charge in [-0.3, -0.25) is 0 Å². The highest BCUT2D eigenvalue weighted by molar-refractivity contribution is 7.17. The summed E-state index contributed by atoms with van der Waals surface area (Å²) in [6, 6.07) is 2.20. The molecule has 2 saturated carbocycles. The molecule has 0 spiro atoms. The SMILES string of the molecule is CC1(CNc2sc(C#N)c(N)c2C2CC2)CC1. The molecule has 0 aromatic carbocycles. The van der Waals surface area contributed by atoms with Crippen LogP contribution in [0.5, 0.6) is 0 Å². The minimum atomic E-state index is 0.479. The van der Waals surface area contributed by atoms with E-state index in [1.165, 1.54) is 42.6 Å². The molecule has 0 aliphatic heterocycles. The second-order valence-corrected chi connectivity index (χ2v) is 6.66. The minimum absolute atomic E-state index is 0.479. The largest absolute Gasteiger partial charge is 0.397 e. The molecule has 0 radical (unpaired) electrons. The maximum absolute atomic E-state index is 9.05. The van der Waals surface area contributed by atoms with E-state index >= 15 is 0 Å². The zero-order valence-corrected chi connectivity index (χ0v) is 10.9. The van der Waals surface area contributed by atoms with Crippen molar-refractivity contribution in [2.75, 3.05) is 17.6 Å². The summed E-state index contributed by atoms with van der Waals surface area (Å²) in [5.74, 6) is 0.600. The molecule has 1 aromatic heterocycles. The molecule has 1 heterocycles. The number of hydrogen-bond acceptors (Lipinski definition) is 4. The van der Waals surface area contributed by atoms with Gasteiger partial charge in [0.05, 0.1) is 10.7 Å². The Kier molecular flexibility index (Phi) is 2.34. The van der Waals surface area contributed by atoms with Crippen molar-refractivity contribution in [3.05, 3.63) is 10.4 Å². The fourth-order valence-electron chi connectivity index (χ4n) is 2.13. The molecule has 3 nitrogen and oxygen atoms in total. The Morgan fingerprint density at radius 3 is 2.76 bits per heavy atom. The predicted molar refractivity (Wildman–Crippen MR) is 71.3 cm³/mol. The predicted octanol–water partition coefficient (Wildman–Crippen LogP) is 3.29. The molecule has 2 aliphatic rings. The van der Waals surface area contributed by atoms with Gasteiger partial charge < -0.3 is 11.1 Å². The van der Waals surface area contributed by atoms with Gasteiger partial charge in [-0.2, -0.15) is 5.26 Å². The molecule has 2 aliphatic carbocycles. The number of rotatable bonds is 4. The summed E-state index contributed by atoms with van der Waals surface area (Å²) in [4.78, 5) is 0.676. The van der Waals surface area contributed by atoms with Gasteiger partial charge in [-0.1, -0.05) is 6.92 Å². The smallest absolute Gasteiger partial charge is 0.130 e. The summed E-state index contributed by atoms with van der Waals surface area (Å²) < 4.78 is 0. The first-order chi connectivity index (χ1) is 8.13. The number of thiophene rings is 1. The van der Waals surface area contributed by atoms with E-state index in [0.717, 1.165) is 17.2 Å². The van der Waals surface area contributed by atoms with Gasteiger partial charge in [0.2, 0.25) is 0 Å². The Hall–Kier alpha value is -1.21. The molecule has 1 aromatic rings. The average molecular weight is 247 g/mol. The van der Waals surface area contributed by atoms with E-state index in [-0.39, 0.29) is 0 Å². The number of nitrogens with one attached hydrogen (secondary N) is 1. The Morgan fingerprint density at radius 2 is 2.24 bits per heavy atom. The fourth-order valence-corrected chi connectivity index (χ4v) is 3.13. The lowest BCUT2D eigenvalue weighted by Crippen LogP contribution is -2.11. The van der Waals surface area contributed by atoms with Crippen LogP contribution in [0.2, 0.25) is 0 Å². The topological polar surface area (TPSA) is 61.8 Å².